The van der Waals surface area contributed by atoms with Crippen molar-refractivity contribution < 1.29 is 19.1 Å². The lowest BCUT2D eigenvalue weighted by molar-refractivity contribution is 0.0519. The minimum atomic E-state index is -0.495. The Balaban J connectivity index is 1.55. The van der Waals surface area contributed by atoms with E-state index in [4.69, 9.17) is 14.5 Å². The Morgan fingerprint density at radius 2 is 1.68 bits per heavy atom. The van der Waals surface area contributed by atoms with Crippen molar-refractivity contribution in [1.82, 2.24) is 14.9 Å². The second-order valence-electron chi connectivity index (χ2n) is 7.12. The van der Waals surface area contributed by atoms with Gasteiger partial charge in [-0.05, 0) is 37.3 Å². The fourth-order valence-electron chi connectivity index (χ4n) is 3.61. The molecule has 0 saturated carbocycles. The number of nitrogens with zero attached hydrogens (tertiary/aromatic N) is 4. The second-order valence-corrected chi connectivity index (χ2v) is 7.12. The third-order valence-corrected chi connectivity index (χ3v) is 5.20. The fourth-order valence-corrected chi connectivity index (χ4v) is 3.61. The van der Waals surface area contributed by atoms with Crippen LogP contribution in [0.3, 0.4) is 0 Å². The molecule has 31 heavy (non-hydrogen) atoms. The van der Waals surface area contributed by atoms with Crippen LogP contribution >= 0.6 is 0 Å². The molecule has 1 amide bonds. The van der Waals surface area contributed by atoms with Crippen LogP contribution in [0.25, 0.3) is 11.0 Å². The number of hydrogen-bond acceptors (Lipinski definition) is 7. The van der Waals surface area contributed by atoms with Gasteiger partial charge in [0.15, 0.2) is 11.5 Å². The molecule has 0 radical (unpaired) electrons. The van der Waals surface area contributed by atoms with Gasteiger partial charge in [-0.2, -0.15) is 0 Å². The average molecular weight is 420 g/mol. The highest BCUT2D eigenvalue weighted by atomic mass is 16.5. The number of anilines is 1. The zero-order chi connectivity index (χ0) is 21.8. The van der Waals surface area contributed by atoms with Gasteiger partial charge in [-0.25, -0.2) is 14.8 Å². The molecular formula is C23H24N4O4. The van der Waals surface area contributed by atoms with E-state index < -0.39 is 5.97 Å². The lowest BCUT2D eigenvalue weighted by Gasteiger charge is -2.36. The molecule has 1 aliphatic heterocycles. The van der Waals surface area contributed by atoms with Crippen molar-refractivity contribution in [3.63, 3.8) is 0 Å². The maximum absolute atomic E-state index is 12.9. The van der Waals surface area contributed by atoms with Crippen LogP contribution in [-0.2, 0) is 4.74 Å². The predicted molar refractivity (Wildman–Crippen MR) is 117 cm³/mol. The van der Waals surface area contributed by atoms with Crippen molar-refractivity contribution in [1.29, 1.82) is 0 Å². The van der Waals surface area contributed by atoms with Gasteiger partial charge in [0.05, 0.1) is 24.8 Å². The molecule has 1 aromatic heterocycles. The van der Waals surface area contributed by atoms with E-state index in [1.165, 1.54) is 0 Å². The average Bonchev–Trinajstić information content (AvgIpc) is 2.83. The monoisotopic (exact) mass is 420 g/mol. The third-order valence-electron chi connectivity index (χ3n) is 5.20. The van der Waals surface area contributed by atoms with Gasteiger partial charge in [0, 0.05) is 31.7 Å². The van der Waals surface area contributed by atoms with E-state index >= 15 is 0 Å². The van der Waals surface area contributed by atoms with Crippen LogP contribution < -0.4 is 9.64 Å². The predicted octanol–water partition coefficient (Wildman–Crippen LogP) is 2.78. The molecule has 2 heterocycles. The van der Waals surface area contributed by atoms with Crippen molar-refractivity contribution in [3.8, 4) is 5.75 Å². The number of carbonyl (C=O) groups excluding carboxylic acids is 2. The Hall–Kier alpha value is -3.68. The molecule has 8 nitrogen and oxygen atoms in total. The first kappa shape index (κ1) is 20.6. The number of ether oxygens (including phenoxy) is 2. The number of para-hydroxylation sites is 2. The topological polar surface area (TPSA) is 84.9 Å². The number of aromatic nitrogens is 2. The van der Waals surface area contributed by atoms with E-state index in [0.29, 0.717) is 54.3 Å². The highest BCUT2D eigenvalue weighted by Crippen LogP contribution is 2.23. The van der Waals surface area contributed by atoms with Crippen molar-refractivity contribution in [2.45, 2.75) is 6.92 Å². The highest BCUT2D eigenvalue weighted by Gasteiger charge is 2.27. The van der Waals surface area contributed by atoms with Crippen LogP contribution in [0.1, 0.15) is 27.8 Å². The van der Waals surface area contributed by atoms with Crippen LogP contribution in [0, 0.1) is 0 Å². The molecule has 0 aliphatic carbocycles. The molecule has 1 fully saturated rings. The van der Waals surface area contributed by atoms with Crippen molar-refractivity contribution in [2.75, 3.05) is 44.8 Å². The number of rotatable bonds is 5. The summed E-state index contributed by atoms with van der Waals surface area (Å²) in [5.74, 6) is 0.597. The Labute approximate surface area is 180 Å². The lowest BCUT2D eigenvalue weighted by Crippen LogP contribution is -2.49. The SMILES string of the molecule is CCOC(=O)c1nc2ccccc2nc1N1CCN(C(=O)c2cccc(OC)c2)CC1. The molecule has 1 aliphatic rings. The Bertz CT molecular complexity index is 1110. The Kier molecular flexibility index (Phi) is 5.97. The number of esters is 1. The van der Waals surface area contributed by atoms with E-state index in [1.807, 2.05) is 35.2 Å². The van der Waals surface area contributed by atoms with E-state index in [1.54, 1.807) is 37.1 Å². The number of fused-ring (bicyclic) bond motifs is 1. The number of hydrogen-bond donors (Lipinski definition) is 0. The van der Waals surface area contributed by atoms with E-state index in [-0.39, 0.29) is 18.2 Å². The van der Waals surface area contributed by atoms with Crippen molar-refractivity contribution in [2.24, 2.45) is 0 Å². The summed E-state index contributed by atoms with van der Waals surface area (Å²) in [7, 11) is 1.58. The summed E-state index contributed by atoms with van der Waals surface area (Å²) in [5.41, 5.74) is 2.14. The maximum atomic E-state index is 12.9. The standard InChI is InChI=1S/C23H24N4O4/c1-3-31-23(29)20-21(25-19-10-5-4-9-18(19)24-20)26-11-13-27(14-12-26)22(28)16-7-6-8-17(15-16)30-2/h4-10,15H,3,11-14H2,1-2H3. The normalized spacial score (nSPS) is 13.9. The summed E-state index contributed by atoms with van der Waals surface area (Å²) >= 11 is 0. The molecule has 0 bridgehead atoms. The molecular weight excluding hydrogens is 396 g/mol. The summed E-state index contributed by atoms with van der Waals surface area (Å²) in [5, 5.41) is 0. The fraction of sp³-hybridized carbons (Fsp3) is 0.304. The molecule has 0 spiro atoms. The van der Waals surface area contributed by atoms with E-state index in [2.05, 4.69) is 4.98 Å². The van der Waals surface area contributed by atoms with Gasteiger partial charge in [0.2, 0.25) is 0 Å². The molecule has 3 aromatic rings. The third kappa shape index (κ3) is 4.28. The minimum Gasteiger partial charge on any atom is -0.497 e. The van der Waals surface area contributed by atoms with Gasteiger partial charge < -0.3 is 19.3 Å². The zero-order valence-electron chi connectivity index (χ0n) is 17.6. The lowest BCUT2D eigenvalue weighted by atomic mass is 10.1. The quantitative estimate of drug-likeness (QED) is 0.587. The molecule has 4 rings (SSSR count). The van der Waals surface area contributed by atoms with Crippen LogP contribution in [-0.4, -0.2) is 66.6 Å². The Morgan fingerprint density at radius 3 is 2.35 bits per heavy atom. The molecule has 0 unspecified atom stereocenters. The van der Waals surface area contributed by atoms with Crippen molar-refractivity contribution >= 4 is 28.7 Å². The van der Waals surface area contributed by atoms with Gasteiger partial charge >= 0.3 is 5.97 Å². The highest BCUT2D eigenvalue weighted by molar-refractivity contribution is 5.96. The van der Waals surface area contributed by atoms with Gasteiger partial charge in [-0.1, -0.05) is 18.2 Å². The summed E-state index contributed by atoms with van der Waals surface area (Å²) in [6, 6.07) is 14.6. The van der Waals surface area contributed by atoms with Gasteiger partial charge in [-0.15, -0.1) is 0 Å². The maximum Gasteiger partial charge on any atom is 0.360 e. The number of methoxy groups -OCH3 is 1. The number of benzene rings is 2. The van der Waals surface area contributed by atoms with Gasteiger partial charge in [0.25, 0.3) is 5.91 Å². The number of amides is 1. The first-order valence-electron chi connectivity index (χ1n) is 10.2. The van der Waals surface area contributed by atoms with E-state index in [9.17, 15) is 9.59 Å². The van der Waals surface area contributed by atoms with E-state index in [0.717, 1.165) is 0 Å². The molecule has 0 N–H and O–H groups in total. The summed E-state index contributed by atoms with van der Waals surface area (Å²) in [6.45, 7) is 4.11. The van der Waals surface area contributed by atoms with Gasteiger partial charge in [-0.3, -0.25) is 4.79 Å². The molecule has 160 valence electrons. The first-order chi connectivity index (χ1) is 15.1. The summed E-state index contributed by atoms with van der Waals surface area (Å²) in [6.07, 6.45) is 0. The molecule has 2 aromatic carbocycles. The Morgan fingerprint density at radius 1 is 0.968 bits per heavy atom. The van der Waals surface area contributed by atoms with Crippen LogP contribution in [0.15, 0.2) is 48.5 Å². The molecule has 0 atom stereocenters. The number of piperazine rings is 1. The molecule has 8 heteroatoms. The summed E-state index contributed by atoms with van der Waals surface area (Å²) in [4.78, 5) is 38.4. The van der Waals surface area contributed by atoms with Crippen LogP contribution in [0.5, 0.6) is 5.75 Å². The second kappa shape index (κ2) is 8.99. The van der Waals surface area contributed by atoms with Crippen molar-refractivity contribution in [3.05, 3.63) is 59.8 Å². The largest absolute Gasteiger partial charge is 0.497 e. The van der Waals surface area contributed by atoms with Crippen LogP contribution in [0.2, 0.25) is 0 Å². The first-order valence-corrected chi connectivity index (χ1v) is 10.2. The number of carbonyl (C=O) groups is 2. The smallest absolute Gasteiger partial charge is 0.360 e. The summed E-state index contributed by atoms with van der Waals surface area (Å²) < 4.78 is 10.4. The zero-order valence-corrected chi connectivity index (χ0v) is 17.6. The van der Waals surface area contributed by atoms with Crippen LogP contribution in [0.4, 0.5) is 5.82 Å². The minimum absolute atomic E-state index is 0.0474. The molecule has 1 saturated heterocycles. The van der Waals surface area contributed by atoms with Gasteiger partial charge in [0.1, 0.15) is 5.75 Å².